The first-order chi connectivity index (χ1) is 4.75. The highest BCUT2D eigenvalue weighted by Crippen LogP contribution is 2.27. The molecule has 1 saturated heterocycles. The van der Waals surface area contributed by atoms with E-state index in [2.05, 4.69) is 18.9 Å². The summed E-state index contributed by atoms with van der Waals surface area (Å²) < 4.78 is 0. The highest BCUT2D eigenvalue weighted by Gasteiger charge is 2.26. The fraction of sp³-hybridized carbons (Fsp3) is 1.00. The van der Waals surface area contributed by atoms with Crippen molar-refractivity contribution in [1.29, 1.82) is 0 Å². The van der Waals surface area contributed by atoms with Crippen molar-refractivity contribution in [2.24, 2.45) is 0 Å². The Morgan fingerprint density at radius 1 is 1.70 bits per heavy atom. The van der Waals surface area contributed by atoms with E-state index < -0.39 is 0 Å². The van der Waals surface area contributed by atoms with Crippen molar-refractivity contribution in [3.05, 3.63) is 0 Å². The number of rotatable bonds is 2. The Balaban J connectivity index is 2.33. The summed E-state index contributed by atoms with van der Waals surface area (Å²) in [5, 5.41) is 9.33. The highest BCUT2D eigenvalue weighted by molar-refractivity contribution is 8.00. The lowest BCUT2D eigenvalue weighted by molar-refractivity contribution is 0.206. The average molecular weight is 161 g/mol. The van der Waals surface area contributed by atoms with Gasteiger partial charge in [-0.3, -0.25) is 4.90 Å². The minimum Gasteiger partial charge on any atom is -0.396 e. The fourth-order valence-corrected chi connectivity index (χ4v) is 2.53. The largest absolute Gasteiger partial charge is 0.396 e. The van der Waals surface area contributed by atoms with Gasteiger partial charge in [0.2, 0.25) is 0 Å². The van der Waals surface area contributed by atoms with Crippen LogP contribution in [0.15, 0.2) is 0 Å². The molecule has 1 aliphatic rings. The lowest BCUT2D eigenvalue weighted by atomic mass is 10.2. The summed E-state index contributed by atoms with van der Waals surface area (Å²) in [5.74, 6) is 1.18. The van der Waals surface area contributed by atoms with Crippen LogP contribution in [0.3, 0.4) is 0 Å². The second kappa shape index (κ2) is 3.60. The fourth-order valence-electron chi connectivity index (χ4n) is 1.22. The third kappa shape index (κ3) is 1.65. The summed E-state index contributed by atoms with van der Waals surface area (Å²) >= 11 is 1.97. The second-order valence-electron chi connectivity index (χ2n) is 2.76. The second-order valence-corrected chi connectivity index (χ2v) is 4.11. The SMILES string of the molecule is CC1SCC(CCO)N1C. The molecule has 0 aromatic carbocycles. The topological polar surface area (TPSA) is 23.5 Å². The summed E-state index contributed by atoms with van der Waals surface area (Å²) in [7, 11) is 2.13. The van der Waals surface area contributed by atoms with Crippen LogP contribution in [0.1, 0.15) is 13.3 Å². The van der Waals surface area contributed by atoms with Gasteiger partial charge in [0.25, 0.3) is 0 Å². The average Bonchev–Trinajstić information content (AvgIpc) is 2.20. The van der Waals surface area contributed by atoms with Gasteiger partial charge < -0.3 is 5.11 Å². The molecule has 0 spiro atoms. The number of nitrogens with zero attached hydrogens (tertiary/aromatic N) is 1. The van der Waals surface area contributed by atoms with Crippen molar-refractivity contribution >= 4 is 11.8 Å². The van der Waals surface area contributed by atoms with E-state index in [0.717, 1.165) is 6.42 Å². The quantitative estimate of drug-likeness (QED) is 0.647. The summed E-state index contributed by atoms with van der Waals surface area (Å²) in [5.41, 5.74) is 0. The molecule has 1 rings (SSSR count). The molecule has 2 nitrogen and oxygen atoms in total. The molecule has 0 saturated carbocycles. The Labute approximate surface area is 66.6 Å². The van der Waals surface area contributed by atoms with Gasteiger partial charge in [0.1, 0.15) is 0 Å². The minimum absolute atomic E-state index is 0.322. The normalized spacial score (nSPS) is 35.1. The summed E-state index contributed by atoms with van der Waals surface area (Å²) in [6, 6.07) is 0.602. The molecule has 0 aliphatic carbocycles. The molecule has 0 aromatic rings. The van der Waals surface area contributed by atoms with Crippen LogP contribution in [0.5, 0.6) is 0 Å². The summed E-state index contributed by atoms with van der Waals surface area (Å²) in [6.07, 6.45) is 0.924. The molecule has 60 valence electrons. The maximum Gasteiger partial charge on any atom is 0.0529 e. The molecule has 0 radical (unpaired) electrons. The maximum atomic E-state index is 8.69. The standard InChI is InChI=1S/C7H15NOS/c1-6-8(2)7(3-4-9)5-10-6/h6-7,9H,3-5H2,1-2H3. The lowest BCUT2D eigenvalue weighted by Crippen LogP contribution is -2.31. The van der Waals surface area contributed by atoms with Gasteiger partial charge in [-0.1, -0.05) is 0 Å². The maximum absolute atomic E-state index is 8.69. The summed E-state index contributed by atoms with van der Waals surface area (Å²) in [4.78, 5) is 2.33. The minimum atomic E-state index is 0.322. The van der Waals surface area contributed by atoms with Gasteiger partial charge in [-0.15, -0.1) is 11.8 Å². The number of aliphatic hydroxyl groups excluding tert-OH is 1. The number of hydrogen-bond donors (Lipinski definition) is 1. The molecular weight excluding hydrogens is 146 g/mol. The van der Waals surface area contributed by atoms with Gasteiger partial charge in [0.05, 0.1) is 5.37 Å². The zero-order valence-electron chi connectivity index (χ0n) is 6.58. The zero-order valence-corrected chi connectivity index (χ0v) is 7.40. The van der Waals surface area contributed by atoms with Gasteiger partial charge in [0.15, 0.2) is 0 Å². The van der Waals surface area contributed by atoms with Gasteiger partial charge in [-0.2, -0.15) is 0 Å². The molecule has 1 heterocycles. The van der Waals surface area contributed by atoms with Crippen LogP contribution in [-0.2, 0) is 0 Å². The molecule has 2 atom stereocenters. The third-order valence-corrected chi connectivity index (χ3v) is 3.53. The van der Waals surface area contributed by atoms with Crippen molar-refractivity contribution < 1.29 is 5.11 Å². The highest BCUT2D eigenvalue weighted by atomic mass is 32.2. The number of aliphatic hydroxyl groups is 1. The predicted octanol–water partition coefficient (Wildman–Crippen LogP) is 0.762. The predicted molar refractivity (Wildman–Crippen MR) is 45.2 cm³/mol. The third-order valence-electron chi connectivity index (χ3n) is 2.14. The molecule has 0 bridgehead atoms. The van der Waals surface area contributed by atoms with Crippen LogP contribution in [-0.4, -0.2) is 40.8 Å². The van der Waals surface area contributed by atoms with Crippen molar-refractivity contribution in [3.63, 3.8) is 0 Å². The monoisotopic (exact) mass is 161 g/mol. The van der Waals surface area contributed by atoms with Crippen LogP contribution >= 0.6 is 11.8 Å². The van der Waals surface area contributed by atoms with Crippen LogP contribution in [0.4, 0.5) is 0 Å². The number of hydrogen-bond acceptors (Lipinski definition) is 3. The Morgan fingerprint density at radius 3 is 2.80 bits per heavy atom. The van der Waals surface area contributed by atoms with E-state index in [9.17, 15) is 0 Å². The molecule has 1 N–H and O–H groups in total. The Hall–Kier alpha value is 0.270. The molecule has 3 heteroatoms. The Kier molecular flexibility index (Phi) is 3.01. The first-order valence-electron chi connectivity index (χ1n) is 3.70. The molecule has 1 aliphatic heterocycles. The smallest absolute Gasteiger partial charge is 0.0529 e. The van der Waals surface area contributed by atoms with E-state index in [1.165, 1.54) is 5.75 Å². The molecule has 0 amide bonds. The van der Waals surface area contributed by atoms with E-state index >= 15 is 0 Å². The molecular formula is C7H15NOS. The van der Waals surface area contributed by atoms with E-state index in [0.29, 0.717) is 18.0 Å². The number of thioether (sulfide) groups is 1. The van der Waals surface area contributed by atoms with Crippen LogP contribution in [0.25, 0.3) is 0 Å². The first kappa shape index (κ1) is 8.37. The Morgan fingerprint density at radius 2 is 2.40 bits per heavy atom. The molecule has 0 aromatic heterocycles. The van der Waals surface area contributed by atoms with Gasteiger partial charge >= 0.3 is 0 Å². The van der Waals surface area contributed by atoms with Crippen molar-refractivity contribution in [2.75, 3.05) is 19.4 Å². The van der Waals surface area contributed by atoms with Crippen molar-refractivity contribution in [3.8, 4) is 0 Å². The van der Waals surface area contributed by atoms with Crippen LogP contribution in [0, 0.1) is 0 Å². The first-order valence-corrected chi connectivity index (χ1v) is 4.75. The van der Waals surface area contributed by atoms with Crippen LogP contribution in [0.2, 0.25) is 0 Å². The van der Waals surface area contributed by atoms with Crippen molar-refractivity contribution in [1.82, 2.24) is 4.90 Å². The van der Waals surface area contributed by atoms with E-state index in [1.807, 2.05) is 11.8 Å². The van der Waals surface area contributed by atoms with Gasteiger partial charge in [-0.05, 0) is 20.4 Å². The van der Waals surface area contributed by atoms with E-state index in [-0.39, 0.29) is 0 Å². The zero-order chi connectivity index (χ0) is 7.56. The Bertz CT molecular complexity index is 108. The van der Waals surface area contributed by atoms with E-state index in [1.54, 1.807) is 0 Å². The molecule has 2 unspecified atom stereocenters. The van der Waals surface area contributed by atoms with Crippen molar-refractivity contribution in [2.45, 2.75) is 24.8 Å². The molecule has 1 fully saturated rings. The van der Waals surface area contributed by atoms with E-state index in [4.69, 9.17) is 5.11 Å². The lowest BCUT2D eigenvalue weighted by Gasteiger charge is -2.20. The van der Waals surface area contributed by atoms with Crippen LogP contribution < -0.4 is 0 Å². The van der Waals surface area contributed by atoms with Gasteiger partial charge in [-0.25, -0.2) is 0 Å². The van der Waals surface area contributed by atoms with Gasteiger partial charge in [0, 0.05) is 18.4 Å². The molecule has 10 heavy (non-hydrogen) atoms. The summed E-state index contributed by atoms with van der Waals surface area (Å²) in [6.45, 7) is 2.53.